The average molecular weight is 1020 g/mol. The summed E-state index contributed by atoms with van der Waals surface area (Å²) in [5.74, 6) is 2.50. The third kappa shape index (κ3) is 8.57. The number of nitrogens with zero attached hydrogens (tertiary/aromatic N) is 5. The number of ether oxygens (including phenoxy) is 1. The van der Waals surface area contributed by atoms with Crippen LogP contribution in [-0.4, -0.2) is 19.1 Å². The molecule has 0 radical (unpaired) electrons. The second-order valence-electron chi connectivity index (χ2n) is 21.0. The molecule has 0 unspecified atom stereocenters. The fourth-order valence-corrected chi connectivity index (χ4v) is 8.22. The van der Waals surface area contributed by atoms with Gasteiger partial charge in [-0.3, -0.25) is 14.1 Å². The second kappa shape index (κ2) is 16.3. The molecular formula is C57H57N5OPt-2. The first-order valence-electron chi connectivity index (χ1n) is 22.0. The molecule has 5 aromatic carbocycles. The summed E-state index contributed by atoms with van der Waals surface area (Å²) in [6, 6.07) is 48.2. The SMILES string of the molecule is CC(C)(C)c1cc(-[n+]2[c-]n(-c3[c-]c(Oc4[c-]c5c(cc4)c4cc(-c6ccccc6)ccc4n5-c4cc(C(C)(C)C)ccn4)ccn3)c3ccc(C(C)(C)C)cc32)cc(C(C)(C)C)c1.[Pt]. The number of hydrogen-bond acceptors (Lipinski definition) is 3. The average Bonchev–Trinajstić information content (AvgIpc) is 3.78. The first-order chi connectivity index (χ1) is 29.7. The van der Waals surface area contributed by atoms with Crippen LogP contribution < -0.4 is 9.30 Å². The van der Waals surface area contributed by atoms with E-state index in [-0.39, 0.29) is 42.7 Å². The van der Waals surface area contributed by atoms with Gasteiger partial charge in [-0.25, -0.2) is 4.98 Å². The predicted molar refractivity (Wildman–Crippen MR) is 258 cm³/mol. The monoisotopic (exact) mass is 1020 g/mol. The minimum Gasteiger partial charge on any atom is -0.522 e. The van der Waals surface area contributed by atoms with Gasteiger partial charge < -0.3 is 9.30 Å². The number of aromatic nitrogens is 5. The maximum absolute atomic E-state index is 6.66. The van der Waals surface area contributed by atoms with Crippen LogP contribution in [0.25, 0.3) is 61.3 Å². The smallest absolute Gasteiger partial charge is 0.269 e. The van der Waals surface area contributed by atoms with Gasteiger partial charge in [-0.15, -0.1) is 17.5 Å². The number of hydrogen-bond donors (Lipinski definition) is 0. The molecule has 0 spiro atoms. The summed E-state index contributed by atoms with van der Waals surface area (Å²) in [4.78, 5) is 9.76. The van der Waals surface area contributed by atoms with E-state index in [1.54, 1.807) is 6.20 Å². The standard InChI is InChI=1S/C57H57N5O.Pt/c1-54(2,3)39-19-23-49-51(32-39)60(43-30-41(56(7,8)9)29-42(31-43)57(10,11)12)36-61(49)52-35-45(25-27-58-52)63-44-20-21-46-47-28-38(37-16-14-13-15-17-37)18-22-48(47)62(50(46)34-44)53-33-40(24-26-59-53)55(4,5)6;/h13-33H,1-12H3;/q-2;. The van der Waals surface area contributed by atoms with E-state index in [4.69, 9.17) is 14.7 Å². The number of pyridine rings is 2. The van der Waals surface area contributed by atoms with Crippen LogP contribution in [0.3, 0.4) is 0 Å². The van der Waals surface area contributed by atoms with Gasteiger partial charge in [0.15, 0.2) is 0 Å². The van der Waals surface area contributed by atoms with Gasteiger partial charge in [0.1, 0.15) is 5.82 Å². The molecule has 0 atom stereocenters. The Kier molecular flexibility index (Phi) is 11.4. The summed E-state index contributed by atoms with van der Waals surface area (Å²) < 4.78 is 13.0. The maximum atomic E-state index is 6.66. The van der Waals surface area contributed by atoms with Crippen molar-refractivity contribution in [1.82, 2.24) is 19.1 Å². The molecule has 64 heavy (non-hydrogen) atoms. The van der Waals surface area contributed by atoms with Crippen LogP contribution in [0.1, 0.15) is 105 Å². The number of rotatable bonds is 6. The zero-order valence-corrected chi connectivity index (χ0v) is 41.4. The fourth-order valence-electron chi connectivity index (χ4n) is 8.22. The van der Waals surface area contributed by atoms with Gasteiger partial charge in [0.25, 0.3) is 6.33 Å². The molecule has 0 amide bonds. The third-order valence-corrected chi connectivity index (χ3v) is 12.1. The van der Waals surface area contributed by atoms with Crippen LogP contribution in [0, 0.1) is 18.5 Å². The molecule has 0 aliphatic carbocycles. The maximum Gasteiger partial charge on any atom is 0.269 e. The van der Waals surface area contributed by atoms with Crippen LogP contribution in [0.15, 0.2) is 128 Å². The molecule has 0 aliphatic rings. The Bertz CT molecular complexity index is 3150. The van der Waals surface area contributed by atoms with Gasteiger partial charge >= 0.3 is 0 Å². The topological polar surface area (TPSA) is 48.8 Å². The van der Waals surface area contributed by atoms with Crippen LogP contribution in [0.4, 0.5) is 0 Å². The Hall–Kier alpha value is -5.84. The minimum absolute atomic E-state index is 0. The van der Waals surface area contributed by atoms with Gasteiger partial charge in [-0.2, -0.15) is 18.2 Å². The molecule has 0 saturated heterocycles. The first-order valence-corrected chi connectivity index (χ1v) is 22.0. The third-order valence-electron chi connectivity index (χ3n) is 12.1. The summed E-state index contributed by atoms with van der Waals surface area (Å²) in [6.45, 7) is 27.1. The second-order valence-corrected chi connectivity index (χ2v) is 21.0. The molecule has 9 rings (SSSR count). The van der Waals surface area contributed by atoms with Crippen LogP contribution in [-0.2, 0) is 42.7 Å². The Labute approximate surface area is 393 Å². The van der Waals surface area contributed by atoms with E-state index in [1.165, 1.54) is 27.8 Å². The molecule has 0 fully saturated rings. The minimum atomic E-state index is -0.0494. The van der Waals surface area contributed by atoms with E-state index in [1.807, 2.05) is 22.9 Å². The summed E-state index contributed by atoms with van der Waals surface area (Å²) in [5.41, 5.74) is 12.2. The van der Waals surface area contributed by atoms with Crippen LogP contribution >= 0.6 is 0 Å². The Morgan fingerprint density at radius 2 is 1.14 bits per heavy atom. The molecule has 6 nitrogen and oxygen atoms in total. The molecule has 7 heteroatoms. The molecule has 4 aromatic heterocycles. The Balaban J connectivity index is 0.00000560. The van der Waals surface area contributed by atoms with E-state index < -0.39 is 0 Å². The van der Waals surface area contributed by atoms with E-state index in [2.05, 4.69) is 214 Å². The van der Waals surface area contributed by atoms with Crippen molar-refractivity contribution < 1.29 is 30.4 Å². The quantitative estimate of drug-likeness (QED) is 0.123. The molecule has 9 aromatic rings. The Morgan fingerprint density at radius 1 is 0.516 bits per heavy atom. The van der Waals surface area contributed by atoms with E-state index >= 15 is 0 Å². The van der Waals surface area contributed by atoms with E-state index in [9.17, 15) is 0 Å². The number of fused-ring (bicyclic) bond motifs is 4. The number of benzene rings is 5. The van der Waals surface area contributed by atoms with E-state index in [0.717, 1.165) is 49.9 Å². The summed E-state index contributed by atoms with van der Waals surface area (Å²) >= 11 is 0. The van der Waals surface area contributed by atoms with Gasteiger partial charge in [0, 0.05) is 38.5 Å². The zero-order valence-electron chi connectivity index (χ0n) is 39.1. The van der Waals surface area contributed by atoms with Crippen molar-refractivity contribution in [3.8, 4) is 39.9 Å². The fraction of sp³-hybridized carbons (Fsp3) is 0.281. The van der Waals surface area contributed by atoms with Crippen molar-refractivity contribution in [2.45, 2.75) is 105 Å². The van der Waals surface area contributed by atoms with Crippen molar-refractivity contribution in [3.05, 3.63) is 168 Å². The van der Waals surface area contributed by atoms with Gasteiger partial charge in [0.2, 0.25) is 0 Å². The van der Waals surface area contributed by atoms with E-state index in [0.29, 0.717) is 17.3 Å². The van der Waals surface area contributed by atoms with Crippen molar-refractivity contribution in [3.63, 3.8) is 0 Å². The summed E-state index contributed by atoms with van der Waals surface area (Å²) in [5, 5.41) is 2.19. The largest absolute Gasteiger partial charge is 0.522 e. The molecule has 0 bridgehead atoms. The van der Waals surface area contributed by atoms with Crippen molar-refractivity contribution in [1.29, 1.82) is 0 Å². The summed E-state index contributed by atoms with van der Waals surface area (Å²) in [7, 11) is 0. The molecule has 328 valence electrons. The molecule has 0 N–H and O–H groups in total. The summed E-state index contributed by atoms with van der Waals surface area (Å²) in [6.07, 6.45) is 7.39. The van der Waals surface area contributed by atoms with Crippen molar-refractivity contribution >= 4 is 32.8 Å². The van der Waals surface area contributed by atoms with Gasteiger partial charge in [-0.05, 0) is 103 Å². The van der Waals surface area contributed by atoms with Crippen LogP contribution in [0.5, 0.6) is 11.5 Å². The molecular weight excluding hydrogens is 966 g/mol. The molecule has 0 aliphatic heterocycles. The van der Waals surface area contributed by atoms with Crippen LogP contribution in [0.2, 0.25) is 0 Å². The molecule has 4 heterocycles. The van der Waals surface area contributed by atoms with Gasteiger partial charge in [0.05, 0.1) is 22.5 Å². The number of imidazole rings is 1. The van der Waals surface area contributed by atoms with Crippen molar-refractivity contribution in [2.24, 2.45) is 0 Å². The Morgan fingerprint density at radius 3 is 1.81 bits per heavy atom. The van der Waals surface area contributed by atoms with Crippen molar-refractivity contribution in [2.75, 3.05) is 0 Å². The zero-order chi connectivity index (χ0) is 44.6. The predicted octanol–water partition coefficient (Wildman–Crippen LogP) is 13.8. The first kappa shape index (κ1) is 44.8. The normalized spacial score (nSPS) is 12.6. The molecule has 0 saturated carbocycles. The van der Waals surface area contributed by atoms with Gasteiger partial charge in [-0.1, -0.05) is 155 Å².